The van der Waals surface area contributed by atoms with Gasteiger partial charge in [0.1, 0.15) is 5.75 Å². The minimum atomic E-state index is 0.308. The van der Waals surface area contributed by atoms with Crippen LogP contribution in [-0.2, 0) is 6.42 Å². The maximum atomic E-state index is 9.44. The molecule has 0 radical (unpaired) electrons. The van der Waals surface area contributed by atoms with Crippen molar-refractivity contribution >= 4 is 0 Å². The summed E-state index contributed by atoms with van der Waals surface area (Å²) in [6.07, 6.45) is 2.45. The number of aromatic hydroxyl groups is 1. The lowest BCUT2D eigenvalue weighted by Crippen LogP contribution is -1.93. The van der Waals surface area contributed by atoms with Gasteiger partial charge in [-0.2, -0.15) is 0 Å². The van der Waals surface area contributed by atoms with Crippen LogP contribution in [0.4, 0.5) is 0 Å². The van der Waals surface area contributed by atoms with E-state index in [0.29, 0.717) is 11.7 Å². The molecule has 0 fully saturated rings. The monoisotopic (exact) mass is 165 g/mol. The Morgan fingerprint density at radius 2 is 2.17 bits per heavy atom. The van der Waals surface area contributed by atoms with E-state index in [4.69, 9.17) is 0 Å². The van der Waals surface area contributed by atoms with Gasteiger partial charge >= 0.3 is 0 Å². The largest absolute Gasteiger partial charge is 0.506 e. The van der Waals surface area contributed by atoms with Gasteiger partial charge in [-0.15, -0.1) is 0 Å². The quantitative estimate of drug-likeness (QED) is 0.730. The lowest BCUT2D eigenvalue weighted by Gasteiger charge is -2.08. The highest BCUT2D eigenvalue weighted by Gasteiger charge is 2.06. The average Bonchev–Trinajstić information content (AvgIpc) is 2.05. The van der Waals surface area contributed by atoms with Gasteiger partial charge in [-0.1, -0.05) is 20.8 Å². The predicted molar refractivity (Wildman–Crippen MR) is 49.4 cm³/mol. The van der Waals surface area contributed by atoms with Crippen molar-refractivity contribution in [3.8, 4) is 5.75 Å². The van der Waals surface area contributed by atoms with Crippen LogP contribution >= 0.6 is 0 Å². The second kappa shape index (κ2) is 3.57. The molecule has 0 atom stereocenters. The molecule has 2 nitrogen and oxygen atoms in total. The van der Waals surface area contributed by atoms with Crippen LogP contribution in [0.3, 0.4) is 0 Å². The van der Waals surface area contributed by atoms with Crippen molar-refractivity contribution in [3.05, 3.63) is 23.5 Å². The molecule has 0 saturated heterocycles. The minimum absolute atomic E-state index is 0.308. The van der Waals surface area contributed by atoms with Crippen LogP contribution in [-0.4, -0.2) is 10.1 Å². The number of hydrogen-bond acceptors (Lipinski definition) is 2. The molecule has 12 heavy (non-hydrogen) atoms. The predicted octanol–water partition coefficient (Wildman–Crippen LogP) is 2.47. The highest BCUT2D eigenvalue weighted by molar-refractivity contribution is 5.33. The highest BCUT2D eigenvalue weighted by Crippen LogP contribution is 2.24. The first-order valence-corrected chi connectivity index (χ1v) is 4.33. The molecule has 1 heterocycles. The van der Waals surface area contributed by atoms with Gasteiger partial charge in [0.2, 0.25) is 0 Å². The second-order valence-corrected chi connectivity index (χ2v) is 3.24. The lowest BCUT2D eigenvalue weighted by atomic mass is 10.0. The van der Waals surface area contributed by atoms with Crippen molar-refractivity contribution in [3.63, 3.8) is 0 Å². The summed E-state index contributed by atoms with van der Waals surface area (Å²) in [5.41, 5.74) is 2.03. The van der Waals surface area contributed by atoms with E-state index >= 15 is 0 Å². The van der Waals surface area contributed by atoms with E-state index in [1.54, 1.807) is 0 Å². The average molecular weight is 165 g/mol. The summed E-state index contributed by atoms with van der Waals surface area (Å²) in [6.45, 7) is 6.19. The molecular formula is C10H15NO. The van der Waals surface area contributed by atoms with E-state index in [2.05, 4.69) is 25.8 Å². The van der Waals surface area contributed by atoms with Crippen molar-refractivity contribution in [1.29, 1.82) is 0 Å². The van der Waals surface area contributed by atoms with Crippen molar-refractivity contribution in [2.45, 2.75) is 33.1 Å². The second-order valence-electron chi connectivity index (χ2n) is 3.24. The van der Waals surface area contributed by atoms with Crippen LogP contribution < -0.4 is 0 Å². The molecule has 0 saturated carbocycles. The Hall–Kier alpha value is -1.05. The molecule has 0 aliphatic heterocycles. The van der Waals surface area contributed by atoms with E-state index in [0.717, 1.165) is 17.7 Å². The van der Waals surface area contributed by atoms with E-state index in [1.165, 1.54) is 6.20 Å². The van der Waals surface area contributed by atoms with E-state index in [1.807, 2.05) is 6.07 Å². The Morgan fingerprint density at radius 3 is 2.67 bits per heavy atom. The molecule has 0 unspecified atom stereocenters. The van der Waals surface area contributed by atoms with Gasteiger partial charge in [-0.05, 0) is 24.0 Å². The van der Waals surface area contributed by atoms with Crippen molar-refractivity contribution in [2.75, 3.05) is 0 Å². The van der Waals surface area contributed by atoms with Gasteiger partial charge in [0.25, 0.3) is 0 Å². The summed E-state index contributed by atoms with van der Waals surface area (Å²) >= 11 is 0. The maximum Gasteiger partial charge on any atom is 0.137 e. The van der Waals surface area contributed by atoms with E-state index in [-0.39, 0.29) is 0 Å². The maximum absolute atomic E-state index is 9.44. The Kier molecular flexibility index (Phi) is 2.69. The fourth-order valence-corrected chi connectivity index (χ4v) is 1.17. The fraction of sp³-hybridized carbons (Fsp3) is 0.500. The van der Waals surface area contributed by atoms with Gasteiger partial charge in [-0.3, -0.25) is 4.98 Å². The highest BCUT2D eigenvalue weighted by atomic mass is 16.3. The van der Waals surface area contributed by atoms with Gasteiger partial charge in [0.15, 0.2) is 0 Å². The van der Waals surface area contributed by atoms with E-state index in [9.17, 15) is 5.11 Å². The molecule has 0 aliphatic rings. The summed E-state index contributed by atoms with van der Waals surface area (Å²) < 4.78 is 0. The third kappa shape index (κ3) is 1.76. The van der Waals surface area contributed by atoms with Crippen LogP contribution in [0.2, 0.25) is 0 Å². The Bertz CT molecular complexity index is 269. The third-order valence-corrected chi connectivity index (χ3v) is 1.95. The van der Waals surface area contributed by atoms with Crippen molar-refractivity contribution < 1.29 is 5.11 Å². The summed E-state index contributed by atoms with van der Waals surface area (Å²) in [5, 5.41) is 9.44. The normalized spacial score (nSPS) is 10.7. The Labute approximate surface area is 73.3 Å². The first kappa shape index (κ1) is 9.04. The first-order valence-electron chi connectivity index (χ1n) is 4.33. The smallest absolute Gasteiger partial charge is 0.137 e. The molecule has 1 rings (SSSR count). The van der Waals surface area contributed by atoms with Gasteiger partial charge in [-0.25, -0.2) is 0 Å². The van der Waals surface area contributed by atoms with Crippen LogP contribution in [0.15, 0.2) is 12.3 Å². The van der Waals surface area contributed by atoms with Crippen molar-refractivity contribution in [1.82, 2.24) is 4.98 Å². The Morgan fingerprint density at radius 1 is 1.50 bits per heavy atom. The standard InChI is InChI=1S/C10H15NO/c1-4-8-5-9(7(2)3)10(12)6-11-8/h5-7,12H,4H2,1-3H3. The summed E-state index contributed by atoms with van der Waals surface area (Å²) in [7, 11) is 0. The summed E-state index contributed by atoms with van der Waals surface area (Å²) in [6, 6.07) is 1.97. The minimum Gasteiger partial charge on any atom is -0.506 e. The zero-order valence-corrected chi connectivity index (χ0v) is 7.83. The number of hydrogen-bond donors (Lipinski definition) is 1. The Balaban J connectivity index is 3.08. The van der Waals surface area contributed by atoms with Crippen LogP contribution in [0.25, 0.3) is 0 Å². The molecule has 1 N–H and O–H groups in total. The summed E-state index contributed by atoms with van der Waals surface area (Å²) in [5.74, 6) is 0.667. The van der Waals surface area contributed by atoms with Crippen LogP contribution in [0.5, 0.6) is 5.75 Å². The van der Waals surface area contributed by atoms with Gasteiger partial charge < -0.3 is 5.11 Å². The molecule has 1 aromatic heterocycles. The molecular weight excluding hydrogens is 150 g/mol. The SMILES string of the molecule is CCc1cc(C(C)C)c(O)cn1. The molecule has 0 aliphatic carbocycles. The molecule has 0 aromatic carbocycles. The zero-order chi connectivity index (χ0) is 9.14. The number of aryl methyl sites for hydroxylation is 1. The van der Waals surface area contributed by atoms with Crippen LogP contribution in [0, 0.1) is 0 Å². The summed E-state index contributed by atoms with van der Waals surface area (Å²) in [4.78, 5) is 4.09. The van der Waals surface area contributed by atoms with Crippen molar-refractivity contribution in [2.24, 2.45) is 0 Å². The fourth-order valence-electron chi connectivity index (χ4n) is 1.17. The molecule has 0 bridgehead atoms. The number of aromatic nitrogens is 1. The third-order valence-electron chi connectivity index (χ3n) is 1.95. The molecule has 2 heteroatoms. The number of pyridine rings is 1. The van der Waals surface area contributed by atoms with E-state index < -0.39 is 0 Å². The molecule has 0 spiro atoms. The lowest BCUT2D eigenvalue weighted by molar-refractivity contribution is 0.461. The molecule has 0 amide bonds. The zero-order valence-electron chi connectivity index (χ0n) is 7.83. The number of nitrogens with zero attached hydrogens (tertiary/aromatic N) is 1. The topological polar surface area (TPSA) is 33.1 Å². The number of rotatable bonds is 2. The first-order chi connectivity index (χ1) is 5.65. The van der Waals surface area contributed by atoms with Gasteiger partial charge in [0, 0.05) is 5.69 Å². The molecule has 66 valence electrons. The van der Waals surface area contributed by atoms with Crippen LogP contribution in [0.1, 0.15) is 37.9 Å². The molecule has 1 aromatic rings. The van der Waals surface area contributed by atoms with Gasteiger partial charge in [0.05, 0.1) is 6.20 Å².